The minimum atomic E-state index is -4.29. The van der Waals surface area contributed by atoms with E-state index in [4.69, 9.17) is 0 Å². The van der Waals surface area contributed by atoms with Crippen molar-refractivity contribution in [2.45, 2.75) is 82.6 Å². The average Bonchev–Trinajstić information content (AvgIpc) is 3.62. The molecular formula is C34H43F3N8O2S2. The van der Waals surface area contributed by atoms with Crippen molar-refractivity contribution in [3.63, 3.8) is 0 Å². The fraction of sp³-hybridized carbons (Fsp3) is 0.559. The Hall–Kier alpha value is -3.45. The Balaban J connectivity index is 1.10. The zero-order chi connectivity index (χ0) is 35.1. The number of aromatic nitrogens is 3. The third kappa shape index (κ3) is 7.98. The first-order valence-electron chi connectivity index (χ1n) is 16.7. The number of aryl methyl sites for hydroxylation is 1. The first-order valence-corrected chi connectivity index (χ1v) is 19.5. The van der Waals surface area contributed by atoms with E-state index in [1.807, 2.05) is 6.07 Å². The Kier molecular flexibility index (Phi) is 10.1. The van der Waals surface area contributed by atoms with Crippen molar-refractivity contribution in [2.24, 2.45) is 0 Å². The number of halogens is 3. The van der Waals surface area contributed by atoms with Gasteiger partial charge in [-0.1, -0.05) is 6.07 Å². The highest BCUT2D eigenvalue weighted by Gasteiger charge is 2.31. The number of nitriles is 1. The van der Waals surface area contributed by atoms with Crippen molar-refractivity contribution in [3.8, 4) is 6.07 Å². The zero-order valence-corrected chi connectivity index (χ0v) is 29.9. The molecule has 0 amide bonds. The van der Waals surface area contributed by atoms with Crippen LogP contribution in [0.3, 0.4) is 0 Å². The average molecular weight is 717 g/mol. The Morgan fingerprint density at radius 3 is 2.43 bits per heavy atom. The van der Waals surface area contributed by atoms with Crippen LogP contribution < -0.4 is 10.6 Å². The van der Waals surface area contributed by atoms with E-state index >= 15 is 0 Å². The van der Waals surface area contributed by atoms with Gasteiger partial charge in [-0.25, -0.2) is 13.4 Å². The molecule has 0 bridgehead atoms. The lowest BCUT2D eigenvalue weighted by molar-refractivity contribution is -0.126. The van der Waals surface area contributed by atoms with Gasteiger partial charge in [-0.3, -0.25) is 9.80 Å². The van der Waals surface area contributed by atoms with Gasteiger partial charge in [0.05, 0.1) is 17.1 Å². The highest BCUT2D eigenvalue weighted by molar-refractivity contribution is 7.91. The molecule has 0 unspecified atom stereocenters. The largest absolute Gasteiger partial charge is 0.393 e. The molecule has 1 atom stereocenters. The number of anilines is 2. The molecule has 2 fully saturated rings. The van der Waals surface area contributed by atoms with Gasteiger partial charge in [-0.15, -0.1) is 11.3 Å². The van der Waals surface area contributed by atoms with Crippen LogP contribution in [0.2, 0.25) is 0 Å². The van der Waals surface area contributed by atoms with Crippen molar-refractivity contribution in [1.29, 1.82) is 5.26 Å². The first kappa shape index (κ1) is 35.4. The third-order valence-corrected chi connectivity index (χ3v) is 12.8. The summed E-state index contributed by atoms with van der Waals surface area (Å²) in [5.41, 5.74) is 4.02. The lowest BCUT2D eigenvalue weighted by Gasteiger charge is -2.35. The van der Waals surface area contributed by atoms with Crippen molar-refractivity contribution >= 4 is 54.1 Å². The second-order valence-corrected chi connectivity index (χ2v) is 17.0. The summed E-state index contributed by atoms with van der Waals surface area (Å²) in [5.74, 6) is 0.931. The second kappa shape index (κ2) is 14.0. The Morgan fingerprint density at radius 2 is 1.80 bits per heavy atom. The number of alkyl halides is 3. The van der Waals surface area contributed by atoms with Crippen LogP contribution in [0.4, 0.5) is 24.9 Å². The molecule has 3 aromatic heterocycles. The number of likely N-dealkylation sites (tertiary alicyclic amines) is 2. The summed E-state index contributed by atoms with van der Waals surface area (Å²) in [5, 5.41) is 17.9. The smallest absolute Gasteiger partial charge is 0.367 e. The molecule has 0 aliphatic carbocycles. The molecule has 5 heterocycles. The number of piperidine rings is 2. The van der Waals surface area contributed by atoms with Crippen LogP contribution in [0.25, 0.3) is 21.1 Å². The summed E-state index contributed by atoms with van der Waals surface area (Å²) in [4.78, 5) is 14.4. The molecule has 1 aromatic carbocycles. The van der Waals surface area contributed by atoms with E-state index in [1.165, 1.54) is 11.8 Å². The van der Waals surface area contributed by atoms with Crippen molar-refractivity contribution in [3.05, 3.63) is 46.0 Å². The predicted octanol–water partition coefficient (Wildman–Crippen LogP) is 5.95. The Labute approximate surface area is 289 Å². The standard InChI is InChI=1S/C34H43F3N8O2S2/c1-21(44-13-9-27(10-14-44)49(4,46)47)19-45-25(18-38)15-28-22(2)23(5-6-30(28)45)20-43-11-7-24(8-12-43)40-31-29-16-26(17-34(35,36)37)48-32(29)42-33(39-3)41-31/h5-6,15-16,21,24,27H,7-14,17,19-20H2,1-4H3,(H2,39,40,41,42)/t21-/m0/s1. The van der Waals surface area contributed by atoms with Gasteiger partial charge in [-0.2, -0.15) is 23.4 Å². The number of benzene rings is 1. The van der Waals surface area contributed by atoms with Crippen LogP contribution in [0.1, 0.15) is 54.3 Å². The highest BCUT2D eigenvalue weighted by Crippen LogP contribution is 2.35. The molecular weight excluding hydrogens is 674 g/mol. The normalized spacial score (nSPS) is 18.2. The summed E-state index contributed by atoms with van der Waals surface area (Å²) in [6.45, 7) is 8.85. The third-order valence-electron chi connectivity index (χ3n) is 10.1. The maximum Gasteiger partial charge on any atom is 0.393 e. The van der Waals surface area contributed by atoms with Gasteiger partial charge in [0.15, 0.2) is 0 Å². The maximum absolute atomic E-state index is 13.1. The van der Waals surface area contributed by atoms with E-state index in [2.05, 4.69) is 67.0 Å². The lowest BCUT2D eigenvalue weighted by atomic mass is 10.0. The number of rotatable bonds is 10. The Morgan fingerprint density at radius 1 is 1.08 bits per heavy atom. The molecule has 49 heavy (non-hydrogen) atoms. The van der Waals surface area contributed by atoms with E-state index < -0.39 is 22.4 Å². The molecule has 4 aromatic rings. The summed E-state index contributed by atoms with van der Waals surface area (Å²) in [7, 11) is -1.34. The molecule has 10 nitrogen and oxygen atoms in total. The van der Waals surface area contributed by atoms with E-state index in [0.29, 0.717) is 47.1 Å². The number of sulfone groups is 1. The van der Waals surface area contributed by atoms with Crippen molar-refractivity contribution in [1.82, 2.24) is 24.3 Å². The van der Waals surface area contributed by atoms with E-state index in [1.54, 1.807) is 13.1 Å². The number of hydrogen-bond acceptors (Lipinski definition) is 10. The molecule has 2 aliphatic rings. The van der Waals surface area contributed by atoms with Gasteiger partial charge in [0.1, 0.15) is 32.2 Å². The molecule has 6 rings (SSSR count). The quantitative estimate of drug-likeness (QED) is 0.205. The van der Waals surface area contributed by atoms with Crippen LogP contribution in [0.5, 0.6) is 0 Å². The summed E-state index contributed by atoms with van der Waals surface area (Å²) >= 11 is 1.05. The molecule has 0 spiro atoms. The minimum Gasteiger partial charge on any atom is -0.367 e. The summed E-state index contributed by atoms with van der Waals surface area (Å²) in [6.07, 6.45) is -0.957. The van der Waals surface area contributed by atoms with E-state index in [0.717, 1.165) is 73.4 Å². The number of thiophene rings is 1. The molecule has 264 valence electrons. The van der Waals surface area contributed by atoms with Crippen LogP contribution in [-0.2, 0) is 29.3 Å². The van der Waals surface area contributed by atoms with Crippen molar-refractivity contribution in [2.75, 3.05) is 50.1 Å². The fourth-order valence-corrected chi connectivity index (χ4v) is 9.38. The lowest BCUT2D eigenvalue weighted by Crippen LogP contribution is -2.44. The molecule has 2 saturated heterocycles. The Bertz CT molecular complexity index is 1970. The highest BCUT2D eigenvalue weighted by atomic mass is 32.2. The van der Waals surface area contributed by atoms with Crippen LogP contribution in [-0.4, -0.2) is 95.7 Å². The van der Waals surface area contributed by atoms with Gasteiger partial charge in [0, 0.05) is 67.3 Å². The molecule has 15 heteroatoms. The van der Waals surface area contributed by atoms with Crippen LogP contribution >= 0.6 is 11.3 Å². The van der Waals surface area contributed by atoms with E-state index in [-0.39, 0.29) is 22.2 Å². The summed E-state index contributed by atoms with van der Waals surface area (Å²) < 4.78 is 65.3. The minimum absolute atomic E-state index is 0.125. The number of nitrogens with zero attached hydrogens (tertiary/aromatic N) is 6. The van der Waals surface area contributed by atoms with Crippen molar-refractivity contribution < 1.29 is 21.6 Å². The zero-order valence-electron chi connectivity index (χ0n) is 28.3. The molecule has 0 radical (unpaired) electrons. The number of nitrogens with one attached hydrogen (secondary N) is 2. The monoisotopic (exact) mass is 716 g/mol. The second-order valence-electron chi connectivity index (χ2n) is 13.5. The summed E-state index contributed by atoms with van der Waals surface area (Å²) in [6, 6.07) is 10.5. The van der Waals surface area contributed by atoms with Gasteiger partial charge in [-0.05, 0) is 81.9 Å². The van der Waals surface area contributed by atoms with Gasteiger partial charge < -0.3 is 15.2 Å². The number of hydrogen-bond donors (Lipinski definition) is 2. The fourth-order valence-electron chi connectivity index (χ4n) is 7.25. The van der Waals surface area contributed by atoms with Crippen LogP contribution in [0, 0.1) is 18.3 Å². The first-order chi connectivity index (χ1) is 23.2. The molecule has 0 saturated carbocycles. The van der Waals surface area contributed by atoms with Gasteiger partial charge in [0.2, 0.25) is 5.95 Å². The maximum atomic E-state index is 13.1. The SMILES string of the molecule is CNc1nc(NC2CCN(Cc3ccc4c(cc(C#N)n4C[C@H](C)N4CCC(S(C)(=O)=O)CC4)c3C)CC2)c2cc(CC(F)(F)F)sc2n1. The molecule has 2 aliphatic heterocycles. The predicted molar refractivity (Wildman–Crippen MR) is 189 cm³/mol. The van der Waals surface area contributed by atoms with Gasteiger partial charge in [0.25, 0.3) is 0 Å². The van der Waals surface area contributed by atoms with Crippen LogP contribution in [0.15, 0.2) is 24.3 Å². The number of fused-ring (bicyclic) bond motifs is 2. The van der Waals surface area contributed by atoms with Gasteiger partial charge >= 0.3 is 6.18 Å². The topological polar surface area (TPSA) is 119 Å². The van der Waals surface area contributed by atoms with E-state index in [9.17, 15) is 26.9 Å². The molecule has 2 N–H and O–H groups in total.